The topological polar surface area (TPSA) is 111 Å². The number of hydrogen-bond acceptors (Lipinski definition) is 5. The van der Waals surface area contributed by atoms with E-state index in [-0.39, 0.29) is 10.6 Å². The maximum absolute atomic E-state index is 11.1. The molecule has 0 spiro atoms. The summed E-state index contributed by atoms with van der Waals surface area (Å²) in [6.45, 7) is 0. The van der Waals surface area contributed by atoms with Crippen molar-refractivity contribution in [2.24, 2.45) is 5.84 Å². The lowest BCUT2D eigenvalue weighted by molar-refractivity contribution is 0.584. The summed E-state index contributed by atoms with van der Waals surface area (Å²) in [7, 11) is -3.67. The zero-order valence-corrected chi connectivity index (χ0v) is 6.88. The van der Waals surface area contributed by atoms with Crippen LogP contribution in [-0.2, 0) is 10.0 Å². The van der Waals surface area contributed by atoms with Crippen molar-refractivity contribution in [1.82, 2.24) is 9.82 Å². The van der Waals surface area contributed by atoms with Crippen molar-refractivity contribution in [3.63, 3.8) is 0 Å². The predicted octanol–water partition coefficient (Wildman–Crippen LogP) is -1.18. The van der Waals surface area contributed by atoms with Crippen molar-refractivity contribution < 1.29 is 8.42 Å². The number of nitrogens with zero attached hydrogens (tertiary/aromatic N) is 1. The SMILES string of the molecule is NNS(=O)(=O)c1ccncc1N. The van der Waals surface area contributed by atoms with Gasteiger partial charge in [0.2, 0.25) is 0 Å². The van der Waals surface area contributed by atoms with Gasteiger partial charge in [-0.1, -0.05) is 0 Å². The first kappa shape index (κ1) is 8.91. The van der Waals surface area contributed by atoms with Gasteiger partial charge in [0.1, 0.15) is 4.90 Å². The Morgan fingerprint density at radius 3 is 2.67 bits per heavy atom. The van der Waals surface area contributed by atoms with Crippen molar-refractivity contribution in [3.05, 3.63) is 18.5 Å². The number of rotatable bonds is 2. The number of hydrazine groups is 1. The fourth-order valence-corrected chi connectivity index (χ4v) is 1.43. The largest absolute Gasteiger partial charge is 0.396 e. The molecule has 0 amide bonds. The van der Waals surface area contributed by atoms with Crippen molar-refractivity contribution in [3.8, 4) is 0 Å². The minimum Gasteiger partial charge on any atom is -0.396 e. The molecule has 1 aromatic rings. The summed E-state index contributed by atoms with van der Waals surface area (Å²) < 4.78 is 22.2. The predicted molar refractivity (Wildman–Crippen MR) is 43.2 cm³/mol. The molecule has 6 nitrogen and oxygen atoms in total. The molecule has 0 bridgehead atoms. The van der Waals surface area contributed by atoms with E-state index in [1.54, 1.807) is 4.83 Å². The third kappa shape index (κ3) is 1.52. The van der Waals surface area contributed by atoms with Crippen molar-refractivity contribution in [1.29, 1.82) is 0 Å². The number of sulfonamides is 1. The lowest BCUT2D eigenvalue weighted by atomic mass is 10.4. The zero-order chi connectivity index (χ0) is 9.19. The minimum absolute atomic E-state index is 0.0652. The van der Waals surface area contributed by atoms with E-state index in [1.165, 1.54) is 18.5 Å². The summed E-state index contributed by atoms with van der Waals surface area (Å²) in [6, 6.07) is 1.27. The van der Waals surface area contributed by atoms with Crippen LogP contribution in [0, 0.1) is 0 Å². The zero-order valence-electron chi connectivity index (χ0n) is 6.06. The van der Waals surface area contributed by atoms with Gasteiger partial charge < -0.3 is 5.73 Å². The first-order chi connectivity index (χ1) is 5.58. The van der Waals surface area contributed by atoms with Gasteiger partial charge in [-0.2, -0.15) is 0 Å². The first-order valence-electron chi connectivity index (χ1n) is 3.00. The molecular weight excluding hydrogens is 180 g/mol. The Labute approximate surface area is 69.6 Å². The summed E-state index contributed by atoms with van der Waals surface area (Å²) in [6.07, 6.45) is 2.56. The van der Waals surface area contributed by atoms with Crippen LogP contribution >= 0.6 is 0 Å². The molecule has 0 aliphatic rings. The highest BCUT2D eigenvalue weighted by Crippen LogP contribution is 2.14. The van der Waals surface area contributed by atoms with Gasteiger partial charge in [-0.05, 0) is 6.07 Å². The summed E-state index contributed by atoms with van der Waals surface area (Å²) in [5, 5.41) is 0. The van der Waals surface area contributed by atoms with E-state index in [0.29, 0.717) is 0 Å². The molecule has 0 atom stereocenters. The van der Waals surface area contributed by atoms with Crippen LogP contribution in [0.5, 0.6) is 0 Å². The summed E-state index contributed by atoms with van der Waals surface area (Å²) in [5.74, 6) is 4.79. The molecule has 1 aromatic heterocycles. The highest BCUT2D eigenvalue weighted by Gasteiger charge is 2.14. The molecule has 7 heteroatoms. The fourth-order valence-electron chi connectivity index (χ4n) is 0.702. The Bertz CT molecular complexity index is 375. The molecule has 5 N–H and O–H groups in total. The molecule has 0 aliphatic carbocycles. The lowest BCUT2D eigenvalue weighted by Gasteiger charge is -2.03. The average Bonchev–Trinajstić information content (AvgIpc) is 2.05. The van der Waals surface area contributed by atoms with E-state index >= 15 is 0 Å². The number of nitrogens with one attached hydrogen (secondary N) is 1. The van der Waals surface area contributed by atoms with Crippen LogP contribution < -0.4 is 16.4 Å². The number of pyridine rings is 1. The second kappa shape index (κ2) is 3.05. The number of hydrogen-bond donors (Lipinski definition) is 3. The Balaban J connectivity index is 3.30. The second-order valence-electron chi connectivity index (χ2n) is 2.03. The third-order valence-electron chi connectivity index (χ3n) is 1.25. The molecule has 0 aromatic carbocycles. The number of anilines is 1. The number of nitrogen functional groups attached to an aromatic ring is 1. The van der Waals surface area contributed by atoms with Crippen molar-refractivity contribution >= 4 is 15.7 Å². The van der Waals surface area contributed by atoms with Crippen LogP contribution in [0.25, 0.3) is 0 Å². The highest BCUT2D eigenvalue weighted by atomic mass is 32.2. The first-order valence-corrected chi connectivity index (χ1v) is 4.48. The number of nitrogens with two attached hydrogens (primary N) is 2. The molecule has 0 radical (unpaired) electrons. The average molecular weight is 188 g/mol. The van der Waals surface area contributed by atoms with Crippen molar-refractivity contribution in [2.75, 3.05) is 5.73 Å². The summed E-state index contributed by atoms with van der Waals surface area (Å²) >= 11 is 0. The Kier molecular flexibility index (Phi) is 2.27. The maximum Gasteiger partial charge on any atom is 0.255 e. The van der Waals surface area contributed by atoms with Gasteiger partial charge in [0.25, 0.3) is 10.0 Å². The molecular formula is C5H8N4O2S. The van der Waals surface area contributed by atoms with Crippen molar-refractivity contribution in [2.45, 2.75) is 4.90 Å². The van der Waals surface area contributed by atoms with Crippen LogP contribution in [0.1, 0.15) is 0 Å². The van der Waals surface area contributed by atoms with Gasteiger partial charge in [-0.15, -0.1) is 4.83 Å². The van der Waals surface area contributed by atoms with Gasteiger partial charge in [-0.25, -0.2) is 8.42 Å². The van der Waals surface area contributed by atoms with Gasteiger partial charge >= 0.3 is 0 Å². The van der Waals surface area contributed by atoms with Gasteiger partial charge in [0.05, 0.1) is 11.9 Å². The fraction of sp³-hybridized carbons (Fsp3) is 0. The minimum atomic E-state index is -3.67. The second-order valence-corrected chi connectivity index (χ2v) is 3.72. The smallest absolute Gasteiger partial charge is 0.255 e. The van der Waals surface area contributed by atoms with Gasteiger partial charge in [0, 0.05) is 6.20 Å². The van der Waals surface area contributed by atoms with E-state index < -0.39 is 10.0 Å². The van der Waals surface area contributed by atoms with E-state index in [9.17, 15) is 8.42 Å². The lowest BCUT2D eigenvalue weighted by Crippen LogP contribution is -2.30. The summed E-state index contributed by atoms with van der Waals surface area (Å²) in [5.41, 5.74) is 5.41. The molecule has 0 saturated heterocycles. The Hall–Kier alpha value is -1.18. The van der Waals surface area contributed by atoms with Gasteiger partial charge in [-0.3, -0.25) is 10.8 Å². The third-order valence-corrected chi connectivity index (χ3v) is 2.52. The summed E-state index contributed by atoms with van der Waals surface area (Å²) in [4.78, 5) is 5.23. The normalized spacial score (nSPS) is 11.4. The van der Waals surface area contributed by atoms with Crippen LogP contribution in [0.3, 0.4) is 0 Å². The quantitative estimate of drug-likeness (QED) is 0.399. The molecule has 66 valence electrons. The van der Waals surface area contributed by atoms with Crippen LogP contribution in [-0.4, -0.2) is 13.4 Å². The number of aromatic nitrogens is 1. The molecule has 0 fully saturated rings. The molecule has 1 rings (SSSR count). The van der Waals surface area contributed by atoms with E-state index in [2.05, 4.69) is 4.98 Å². The standard InChI is InChI=1S/C5H8N4O2S/c6-4-3-8-2-1-5(4)12(10,11)9-7/h1-3,9H,6-7H2. The molecule has 0 saturated carbocycles. The Morgan fingerprint density at radius 1 is 1.50 bits per heavy atom. The van der Waals surface area contributed by atoms with Gasteiger partial charge in [0.15, 0.2) is 0 Å². The molecule has 1 heterocycles. The highest BCUT2D eigenvalue weighted by molar-refractivity contribution is 7.89. The maximum atomic E-state index is 11.1. The Morgan fingerprint density at radius 2 is 2.17 bits per heavy atom. The van der Waals surface area contributed by atoms with E-state index in [1.807, 2.05) is 0 Å². The van der Waals surface area contributed by atoms with Crippen LogP contribution in [0.2, 0.25) is 0 Å². The van der Waals surface area contributed by atoms with E-state index in [0.717, 1.165) is 0 Å². The molecule has 0 unspecified atom stereocenters. The molecule has 0 aliphatic heterocycles. The monoisotopic (exact) mass is 188 g/mol. The van der Waals surface area contributed by atoms with Crippen LogP contribution in [0.15, 0.2) is 23.4 Å². The van der Waals surface area contributed by atoms with E-state index in [4.69, 9.17) is 11.6 Å². The van der Waals surface area contributed by atoms with Crippen LogP contribution in [0.4, 0.5) is 5.69 Å². The molecule has 12 heavy (non-hydrogen) atoms.